The molecular weight excluding hydrogens is 408 g/mol. The molecule has 2 aromatic carbocycles. The third-order valence-corrected chi connectivity index (χ3v) is 7.48. The molecule has 0 aromatic heterocycles. The van der Waals surface area contributed by atoms with Crippen LogP contribution in [0.4, 0.5) is 5.69 Å². The van der Waals surface area contributed by atoms with Gasteiger partial charge in [0.2, 0.25) is 11.8 Å². The number of amides is 2. The van der Waals surface area contributed by atoms with Crippen LogP contribution < -0.4 is 9.64 Å². The minimum atomic E-state index is -1.61. The second-order valence-electron chi connectivity index (χ2n) is 8.82. The Morgan fingerprint density at radius 3 is 2.22 bits per heavy atom. The highest BCUT2D eigenvalue weighted by Gasteiger charge is 2.76. The van der Waals surface area contributed by atoms with Crippen molar-refractivity contribution < 1.29 is 23.9 Å². The summed E-state index contributed by atoms with van der Waals surface area (Å²) in [6.45, 7) is 2.92. The Morgan fingerprint density at radius 1 is 0.938 bits per heavy atom. The van der Waals surface area contributed by atoms with E-state index in [1.165, 1.54) is 4.90 Å². The first-order valence-electron chi connectivity index (χ1n) is 11.1. The van der Waals surface area contributed by atoms with Crippen molar-refractivity contribution in [3.05, 3.63) is 59.7 Å². The van der Waals surface area contributed by atoms with Crippen LogP contribution in [-0.2, 0) is 9.59 Å². The molecule has 3 aliphatic heterocycles. The molecular formula is C25H22N2O5. The minimum Gasteiger partial charge on any atom is -0.494 e. The number of fused-ring (bicyclic) bond motifs is 6. The fourth-order valence-corrected chi connectivity index (χ4v) is 6.35. The zero-order valence-electron chi connectivity index (χ0n) is 17.6. The maximum atomic E-state index is 13.8. The van der Waals surface area contributed by atoms with Crippen LogP contribution in [0, 0.1) is 11.8 Å². The van der Waals surface area contributed by atoms with Gasteiger partial charge in [-0.1, -0.05) is 24.3 Å². The van der Waals surface area contributed by atoms with Crippen molar-refractivity contribution in [3.63, 3.8) is 0 Å². The highest BCUT2D eigenvalue weighted by Crippen LogP contribution is 2.57. The number of imide groups is 1. The summed E-state index contributed by atoms with van der Waals surface area (Å²) in [5.74, 6) is -2.52. The Hall–Kier alpha value is -3.32. The molecule has 3 saturated heterocycles. The fraction of sp³-hybridized carbons (Fsp3) is 0.360. The van der Waals surface area contributed by atoms with Gasteiger partial charge in [0.25, 0.3) is 0 Å². The maximum absolute atomic E-state index is 13.8. The Labute approximate surface area is 184 Å². The Kier molecular flexibility index (Phi) is 3.99. The topological polar surface area (TPSA) is 84.0 Å². The van der Waals surface area contributed by atoms with Crippen LogP contribution in [0.2, 0.25) is 0 Å². The highest BCUT2D eigenvalue weighted by molar-refractivity contribution is 6.37. The minimum absolute atomic E-state index is 0.286. The number of carbonyl (C=O) groups excluding carboxylic acids is 4. The molecule has 32 heavy (non-hydrogen) atoms. The van der Waals surface area contributed by atoms with Crippen molar-refractivity contribution >= 4 is 29.1 Å². The predicted molar refractivity (Wildman–Crippen MR) is 115 cm³/mol. The van der Waals surface area contributed by atoms with Crippen molar-refractivity contribution in [1.29, 1.82) is 0 Å². The van der Waals surface area contributed by atoms with E-state index < -0.39 is 23.3 Å². The number of rotatable bonds is 3. The average molecular weight is 430 g/mol. The molecule has 0 bridgehead atoms. The fourth-order valence-electron chi connectivity index (χ4n) is 6.35. The van der Waals surface area contributed by atoms with Crippen LogP contribution in [0.25, 0.3) is 0 Å². The molecule has 162 valence electrons. The van der Waals surface area contributed by atoms with E-state index in [-0.39, 0.29) is 23.5 Å². The number of ether oxygens (including phenoxy) is 1. The van der Waals surface area contributed by atoms with E-state index >= 15 is 0 Å². The van der Waals surface area contributed by atoms with Gasteiger partial charge < -0.3 is 4.74 Å². The predicted octanol–water partition coefficient (Wildman–Crippen LogP) is 2.49. The lowest BCUT2D eigenvalue weighted by atomic mass is 9.76. The van der Waals surface area contributed by atoms with Gasteiger partial charge in [-0.3, -0.25) is 24.1 Å². The largest absolute Gasteiger partial charge is 0.494 e. The summed E-state index contributed by atoms with van der Waals surface area (Å²) in [6.07, 6.45) is 1.48. The van der Waals surface area contributed by atoms with Crippen LogP contribution in [0.15, 0.2) is 48.5 Å². The van der Waals surface area contributed by atoms with Gasteiger partial charge in [-0.05, 0) is 50.6 Å². The van der Waals surface area contributed by atoms with E-state index in [1.807, 2.05) is 11.8 Å². The highest BCUT2D eigenvalue weighted by atomic mass is 16.5. The van der Waals surface area contributed by atoms with Gasteiger partial charge in [-0.2, -0.15) is 0 Å². The average Bonchev–Trinajstić information content (AvgIpc) is 3.50. The number of hydrogen-bond donors (Lipinski definition) is 0. The molecule has 0 saturated carbocycles. The van der Waals surface area contributed by atoms with Crippen LogP contribution in [0.1, 0.15) is 40.5 Å². The smallest absolute Gasteiger partial charge is 0.240 e. The summed E-state index contributed by atoms with van der Waals surface area (Å²) < 4.78 is 5.46. The Bertz CT molecular complexity index is 1150. The molecule has 6 rings (SSSR count). The number of carbonyl (C=O) groups is 4. The lowest BCUT2D eigenvalue weighted by molar-refractivity contribution is -0.124. The molecule has 3 heterocycles. The van der Waals surface area contributed by atoms with Crippen LogP contribution in [0.3, 0.4) is 0 Å². The number of nitrogens with zero attached hydrogens (tertiary/aromatic N) is 2. The molecule has 1 aliphatic carbocycles. The summed E-state index contributed by atoms with van der Waals surface area (Å²) in [4.78, 5) is 58.0. The standard InChI is InChI=1S/C25H22N2O5/c1-2-32-15-11-9-14(10-12-15)27-23(30)19-18-8-5-13-26(18)25(20(19)24(27)31)21(28)16-6-3-4-7-17(16)22(25)29/h3-4,6-7,9-12,18-20H,2,5,8,13H2,1H3/t18-,19-,20-/m1/s1. The molecule has 4 aliphatic rings. The van der Waals surface area contributed by atoms with Crippen LogP contribution >= 0.6 is 0 Å². The van der Waals surface area contributed by atoms with Gasteiger partial charge in [0, 0.05) is 17.2 Å². The summed E-state index contributed by atoms with van der Waals surface area (Å²) in [6, 6.07) is 13.2. The summed E-state index contributed by atoms with van der Waals surface area (Å²) in [5.41, 5.74) is -0.470. The van der Waals surface area contributed by atoms with Gasteiger partial charge in [0.05, 0.1) is 24.1 Å². The second kappa shape index (κ2) is 6.59. The van der Waals surface area contributed by atoms with Gasteiger partial charge in [0.15, 0.2) is 17.1 Å². The molecule has 0 radical (unpaired) electrons. The van der Waals surface area contributed by atoms with Crippen molar-refractivity contribution in [1.82, 2.24) is 4.90 Å². The monoisotopic (exact) mass is 430 g/mol. The van der Waals surface area contributed by atoms with E-state index in [0.29, 0.717) is 42.1 Å². The molecule has 2 amide bonds. The lowest BCUT2D eigenvalue weighted by Crippen LogP contribution is -2.59. The van der Waals surface area contributed by atoms with E-state index in [4.69, 9.17) is 4.74 Å². The lowest BCUT2D eigenvalue weighted by Gasteiger charge is -2.35. The van der Waals surface area contributed by atoms with E-state index in [2.05, 4.69) is 0 Å². The number of hydrogen-bond acceptors (Lipinski definition) is 6. The normalized spacial score (nSPS) is 27.9. The first kappa shape index (κ1) is 19.4. The van der Waals surface area contributed by atoms with Crippen molar-refractivity contribution in [2.45, 2.75) is 31.3 Å². The number of Topliss-reactive ketones (excluding diaryl/α,β-unsaturated/α-hetero) is 2. The Balaban J connectivity index is 1.48. The third kappa shape index (κ3) is 2.14. The SMILES string of the molecule is CCOc1ccc(N2C(=O)[C@@H]3[C@H]4CCCN4C4(C(=O)c5ccccc5C4=O)[C@H]3C2=O)cc1. The maximum Gasteiger partial charge on any atom is 0.240 e. The number of ketones is 2. The summed E-state index contributed by atoms with van der Waals surface area (Å²) >= 11 is 0. The summed E-state index contributed by atoms with van der Waals surface area (Å²) in [7, 11) is 0. The Morgan fingerprint density at radius 2 is 1.59 bits per heavy atom. The zero-order chi connectivity index (χ0) is 22.2. The zero-order valence-corrected chi connectivity index (χ0v) is 17.6. The molecule has 0 unspecified atom stereocenters. The third-order valence-electron chi connectivity index (χ3n) is 7.48. The second-order valence-corrected chi connectivity index (χ2v) is 8.82. The van der Waals surface area contributed by atoms with Gasteiger partial charge in [0.1, 0.15) is 5.75 Å². The van der Waals surface area contributed by atoms with E-state index in [9.17, 15) is 19.2 Å². The molecule has 0 N–H and O–H groups in total. The number of anilines is 1. The van der Waals surface area contributed by atoms with E-state index in [1.54, 1.807) is 48.5 Å². The van der Waals surface area contributed by atoms with Crippen LogP contribution in [0.5, 0.6) is 5.75 Å². The molecule has 1 spiro atoms. The van der Waals surface area contributed by atoms with Gasteiger partial charge in [-0.15, -0.1) is 0 Å². The van der Waals surface area contributed by atoms with Crippen molar-refractivity contribution in [2.24, 2.45) is 11.8 Å². The first-order chi connectivity index (χ1) is 15.5. The summed E-state index contributed by atoms with van der Waals surface area (Å²) in [5, 5.41) is 0. The van der Waals surface area contributed by atoms with E-state index in [0.717, 1.165) is 6.42 Å². The quantitative estimate of drug-likeness (QED) is 0.550. The molecule has 7 nitrogen and oxygen atoms in total. The first-order valence-corrected chi connectivity index (χ1v) is 11.1. The molecule has 3 atom stereocenters. The van der Waals surface area contributed by atoms with Crippen molar-refractivity contribution in [3.8, 4) is 5.75 Å². The molecule has 2 aromatic rings. The van der Waals surface area contributed by atoms with Crippen LogP contribution in [-0.4, -0.2) is 53.0 Å². The molecule has 7 heteroatoms. The van der Waals surface area contributed by atoms with Crippen molar-refractivity contribution in [2.75, 3.05) is 18.1 Å². The number of benzene rings is 2. The van der Waals surface area contributed by atoms with Gasteiger partial charge >= 0.3 is 0 Å². The molecule has 3 fully saturated rings. The van der Waals surface area contributed by atoms with Gasteiger partial charge in [-0.25, -0.2) is 4.90 Å².